The number of allylic oxidation sites excluding steroid dienone is 2. The molecule has 11 heteroatoms. The van der Waals surface area contributed by atoms with Crippen LogP contribution in [0.5, 0.6) is 0 Å². The van der Waals surface area contributed by atoms with E-state index >= 15 is 0 Å². The van der Waals surface area contributed by atoms with E-state index in [9.17, 15) is 9.90 Å². The Morgan fingerprint density at radius 2 is 1.71 bits per heavy atom. The molecule has 2 atom stereocenters. The van der Waals surface area contributed by atoms with E-state index in [1.54, 1.807) is 20.0 Å². The van der Waals surface area contributed by atoms with E-state index in [2.05, 4.69) is 64.1 Å². The van der Waals surface area contributed by atoms with Gasteiger partial charge in [-0.3, -0.25) is 9.79 Å². The zero-order chi connectivity index (χ0) is 39.4. The predicted octanol–water partition coefficient (Wildman–Crippen LogP) is 8.80. The summed E-state index contributed by atoms with van der Waals surface area (Å²) in [6.07, 6.45) is 14.3. The minimum absolute atomic E-state index is 0.0846. The third kappa shape index (κ3) is 17.1. The van der Waals surface area contributed by atoms with Crippen molar-refractivity contribution in [1.82, 2.24) is 15.8 Å². The summed E-state index contributed by atoms with van der Waals surface area (Å²) in [5.74, 6) is 5.81. The van der Waals surface area contributed by atoms with Gasteiger partial charge in [-0.25, -0.2) is 11.4 Å². The number of hydrazone groups is 1. The van der Waals surface area contributed by atoms with Crippen LogP contribution in [0.2, 0.25) is 10.0 Å². The number of hydrogen-bond acceptors (Lipinski definition) is 7. The molecular formula is C40H69Cl2N7O2. The highest BCUT2D eigenvalue weighted by atomic mass is 35.5. The molecule has 1 aliphatic rings. The van der Waals surface area contributed by atoms with Gasteiger partial charge in [0.2, 0.25) is 6.41 Å². The van der Waals surface area contributed by atoms with E-state index in [4.69, 9.17) is 39.8 Å². The number of aliphatic imine (C=N–C) groups is 1. The first-order valence-corrected chi connectivity index (χ1v) is 19.0. The quantitative estimate of drug-likeness (QED) is 0.0286. The van der Waals surface area contributed by atoms with E-state index in [-0.39, 0.29) is 16.9 Å². The van der Waals surface area contributed by atoms with Crippen LogP contribution in [0.3, 0.4) is 0 Å². The number of nitrogens with one attached hydrogen (secondary N) is 2. The first-order valence-electron chi connectivity index (χ1n) is 18.2. The van der Waals surface area contributed by atoms with Gasteiger partial charge in [0, 0.05) is 16.3 Å². The molecule has 1 amide bonds. The molecule has 0 heterocycles. The Morgan fingerprint density at radius 3 is 2.14 bits per heavy atom. The van der Waals surface area contributed by atoms with Crippen molar-refractivity contribution in [2.75, 3.05) is 13.6 Å². The van der Waals surface area contributed by atoms with Crippen LogP contribution < -0.4 is 22.4 Å². The summed E-state index contributed by atoms with van der Waals surface area (Å²) in [4.78, 5) is 20.4. The van der Waals surface area contributed by atoms with Gasteiger partial charge in [0.25, 0.3) is 0 Å². The number of aliphatic hydroxyl groups excluding tert-OH is 1. The number of rotatable bonds is 16. The molecule has 9 nitrogen and oxygen atoms in total. The molecule has 0 aromatic heterocycles. The van der Waals surface area contributed by atoms with Crippen molar-refractivity contribution in [2.45, 2.75) is 132 Å². The predicted molar refractivity (Wildman–Crippen MR) is 221 cm³/mol. The molecule has 7 N–H and O–H groups in total. The molecule has 1 saturated carbocycles. The number of nitrogens with two attached hydrogens (primary N) is 2. The maximum atomic E-state index is 13.2. The first kappa shape index (κ1) is 48.3. The molecule has 51 heavy (non-hydrogen) atoms. The van der Waals surface area contributed by atoms with Gasteiger partial charge in [0.15, 0.2) is 0 Å². The maximum Gasteiger partial charge on any atom is 0.212 e. The summed E-state index contributed by atoms with van der Waals surface area (Å²) in [6.45, 7) is 26.0. The lowest BCUT2D eigenvalue weighted by Crippen LogP contribution is -2.55. The highest BCUT2D eigenvalue weighted by Crippen LogP contribution is 2.47. The molecule has 1 aliphatic carbocycles. The highest BCUT2D eigenvalue weighted by molar-refractivity contribution is 6.35. The van der Waals surface area contributed by atoms with Gasteiger partial charge in [0.1, 0.15) is 11.5 Å². The Bertz CT molecular complexity index is 1290. The topological polar surface area (TPSA) is 141 Å². The monoisotopic (exact) mass is 749 g/mol. The smallest absolute Gasteiger partial charge is 0.212 e. The van der Waals surface area contributed by atoms with Crippen LogP contribution in [0.15, 0.2) is 64.2 Å². The second-order valence-electron chi connectivity index (χ2n) is 14.9. The largest absolute Gasteiger partial charge is 0.389 e. The lowest BCUT2D eigenvalue weighted by molar-refractivity contribution is -0.129. The van der Waals surface area contributed by atoms with Crippen molar-refractivity contribution in [1.29, 1.82) is 0 Å². The van der Waals surface area contributed by atoms with Crippen molar-refractivity contribution in [3.63, 3.8) is 0 Å². The number of carbonyl (C=O) groups is 1. The molecule has 1 fully saturated rings. The number of amides is 1. The molecule has 1 aromatic carbocycles. The number of amidine groups is 1. The van der Waals surface area contributed by atoms with Crippen molar-refractivity contribution in [3.8, 4) is 0 Å². The number of aliphatic hydroxyl groups is 1. The normalized spacial score (nSPS) is 20.0. The first-order chi connectivity index (χ1) is 23.9. The summed E-state index contributed by atoms with van der Waals surface area (Å²) >= 11 is 12.6. The molecule has 0 saturated heterocycles. The number of likely N-dealkylation sites (N-methyl/N-ethyl adjacent to an activating group) is 1. The second kappa shape index (κ2) is 23.8. The van der Waals surface area contributed by atoms with E-state index < -0.39 is 11.8 Å². The van der Waals surface area contributed by atoms with Crippen molar-refractivity contribution in [3.05, 3.63) is 69.8 Å². The number of benzene rings is 1. The second-order valence-corrected chi connectivity index (χ2v) is 15.8. The number of halogens is 2. The Labute approximate surface area is 320 Å². The summed E-state index contributed by atoms with van der Waals surface area (Å²) in [5.41, 5.74) is 9.51. The molecule has 290 valence electrons. The van der Waals surface area contributed by atoms with Crippen LogP contribution in [0.25, 0.3) is 0 Å². The van der Waals surface area contributed by atoms with E-state index in [1.807, 2.05) is 62.2 Å². The number of carbonyl (C=O) groups excluding carboxylic acids is 1. The Morgan fingerprint density at radius 1 is 1.14 bits per heavy atom. The van der Waals surface area contributed by atoms with Gasteiger partial charge in [-0.2, -0.15) is 5.10 Å². The van der Waals surface area contributed by atoms with Crippen molar-refractivity contribution >= 4 is 41.7 Å². The average Bonchev–Trinajstić information content (AvgIpc) is 3.07. The molecule has 1 unspecified atom stereocenters. The molecule has 0 radical (unpaired) electrons. The Balaban J connectivity index is 0.00000219. The standard InChI is InChI=1S/C35H52Cl2N2O2.C3H11N5.C2H6/c1-10-28(13-12-25(3)26(4)41)32(16-17-33(5,6)7)39(24-40)35(18-14-29(15-19-35)34(8,9)11-2)38-23-27-20-30(36)22-31(37)21-27;1-6-2-3(4)7-8-5;1-2/h10,12-13,20-24,26,29,32,41H,1,11,14-19H2,2-9H3;6,8H,2,5H2,1H3,(H2,4,7);1-2H3/b25-12+,28-13+,38-23+;;/t26?,29?,32-,35?;;/m1../s1. The molecular weight excluding hydrogens is 681 g/mol. The van der Waals surface area contributed by atoms with Crippen molar-refractivity contribution < 1.29 is 9.90 Å². The zero-order valence-corrected chi connectivity index (χ0v) is 34.8. The number of hydrazine groups is 1. The Kier molecular flexibility index (Phi) is 22.5. The minimum atomic E-state index is -0.718. The third-order valence-corrected chi connectivity index (χ3v) is 10.1. The third-order valence-electron chi connectivity index (χ3n) is 9.62. The summed E-state index contributed by atoms with van der Waals surface area (Å²) in [7, 11) is 1.78. The average molecular weight is 751 g/mol. The van der Waals surface area contributed by atoms with Gasteiger partial charge in [-0.05, 0) is 111 Å². The Hall–Kier alpha value is -2.69. The van der Waals surface area contributed by atoms with Crippen LogP contribution >= 0.6 is 23.2 Å². The zero-order valence-electron chi connectivity index (χ0n) is 33.3. The van der Waals surface area contributed by atoms with Gasteiger partial charge >= 0.3 is 0 Å². The minimum Gasteiger partial charge on any atom is -0.389 e. The van der Waals surface area contributed by atoms with E-state index in [0.717, 1.165) is 68.1 Å². The fourth-order valence-electron chi connectivity index (χ4n) is 5.93. The maximum absolute atomic E-state index is 13.2. The van der Waals surface area contributed by atoms with Crippen LogP contribution in [-0.2, 0) is 4.79 Å². The van der Waals surface area contributed by atoms with Gasteiger partial charge in [-0.15, -0.1) is 0 Å². The lowest BCUT2D eigenvalue weighted by atomic mass is 9.67. The van der Waals surface area contributed by atoms with Crippen LogP contribution in [0.1, 0.15) is 120 Å². The van der Waals surface area contributed by atoms with Crippen molar-refractivity contribution in [2.24, 2.45) is 38.4 Å². The van der Waals surface area contributed by atoms with Gasteiger partial charge in [-0.1, -0.05) is 110 Å². The molecule has 1 aromatic rings. The van der Waals surface area contributed by atoms with Gasteiger partial charge in [0.05, 0.1) is 18.7 Å². The highest BCUT2D eigenvalue weighted by Gasteiger charge is 2.45. The fraction of sp³-hybridized carbons (Fsp3) is 0.625. The number of hydrogen-bond donors (Lipinski definition) is 5. The SMILES string of the molecule is C=C/C(=C\C=C(/C)C(C)O)[C@@H](CCC(C)(C)C)N(C=O)C1(/N=C/c2cc(Cl)cc(Cl)c2)CCC(C(C)(C)CC)CC1.CC.CNC/C(N)=N/NN. The molecule has 0 aliphatic heterocycles. The lowest BCUT2D eigenvalue weighted by Gasteiger charge is -2.50. The molecule has 2 rings (SSSR count). The van der Waals surface area contributed by atoms with E-state index in [1.165, 1.54) is 0 Å². The number of nitrogens with zero attached hydrogens (tertiary/aromatic N) is 3. The summed E-state index contributed by atoms with van der Waals surface area (Å²) < 4.78 is 0. The van der Waals surface area contributed by atoms with Gasteiger partial charge < -0.3 is 21.1 Å². The van der Waals surface area contributed by atoms with Crippen LogP contribution in [-0.4, -0.2) is 59.9 Å². The van der Waals surface area contributed by atoms with Crippen LogP contribution in [0, 0.1) is 16.7 Å². The fourth-order valence-corrected chi connectivity index (χ4v) is 6.47. The molecule has 0 spiro atoms. The van der Waals surface area contributed by atoms with E-state index in [0.29, 0.717) is 28.3 Å². The summed E-state index contributed by atoms with van der Waals surface area (Å²) in [6, 6.07) is 5.17. The van der Waals surface area contributed by atoms with Crippen LogP contribution in [0.4, 0.5) is 0 Å². The molecule has 0 bridgehead atoms. The summed E-state index contributed by atoms with van der Waals surface area (Å²) in [5, 5.41) is 17.4.